The molecule has 2 heterocycles. The zero-order chi connectivity index (χ0) is 14.8. The monoisotopic (exact) mass is 298 g/mol. The van der Waals surface area contributed by atoms with E-state index in [2.05, 4.69) is 9.88 Å². The van der Waals surface area contributed by atoms with Gasteiger partial charge in [-0.15, -0.1) is 11.3 Å². The Morgan fingerprint density at radius 1 is 1.60 bits per heavy atom. The average Bonchev–Trinajstić information content (AvgIpc) is 2.89. The Bertz CT molecular complexity index is 471. The van der Waals surface area contributed by atoms with E-state index in [1.54, 1.807) is 13.8 Å². The Hall–Kier alpha value is -1.14. The van der Waals surface area contributed by atoms with Crippen molar-refractivity contribution >= 4 is 22.4 Å². The second-order valence-corrected chi connectivity index (χ2v) is 6.75. The molecule has 1 aliphatic rings. The van der Waals surface area contributed by atoms with Gasteiger partial charge in [0.2, 0.25) is 0 Å². The standard InChI is InChI=1S/C14H22N2O3S/c1-14(2,12(18)19)11-9-20-13(15-11)16-6-3-4-10(8-16)5-7-17/h9-10,17H,3-8H2,1-2H3,(H,18,19). The van der Waals surface area contributed by atoms with E-state index in [1.807, 2.05) is 5.38 Å². The first kappa shape index (κ1) is 15.3. The number of aromatic nitrogens is 1. The molecule has 0 saturated carbocycles. The number of carboxylic acid groups (broad SMARTS) is 1. The molecule has 0 bridgehead atoms. The van der Waals surface area contributed by atoms with Gasteiger partial charge in [-0.3, -0.25) is 4.79 Å². The molecule has 1 saturated heterocycles. The van der Waals surface area contributed by atoms with Gasteiger partial charge >= 0.3 is 5.97 Å². The van der Waals surface area contributed by atoms with Crippen molar-refractivity contribution in [3.05, 3.63) is 11.1 Å². The summed E-state index contributed by atoms with van der Waals surface area (Å²) >= 11 is 1.51. The van der Waals surface area contributed by atoms with E-state index in [4.69, 9.17) is 5.11 Å². The highest BCUT2D eigenvalue weighted by atomic mass is 32.1. The number of hydrogen-bond donors (Lipinski definition) is 2. The van der Waals surface area contributed by atoms with E-state index in [9.17, 15) is 9.90 Å². The largest absolute Gasteiger partial charge is 0.481 e. The first-order valence-electron chi connectivity index (χ1n) is 7.00. The molecule has 20 heavy (non-hydrogen) atoms. The molecule has 2 rings (SSSR count). The summed E-state index contributed by atoms with van der Waals surface area (Å²) in [5.74, 6) is -0.347. The van der Waals surface area contributed by atoms with Gasteiger partial charge in [-0.05, 0) is 39.0 Å². The van der Waals surface area contributed by atoms with Crippen molar-refractivity contribution in [3.8, 4) is 0 Å². The van der Waals surface area contributed by atoms with Gasteiger partial charge < -0.3 is 15.1 Å². The van der Waals surface area contributed by atoms with Gasteiger partial charge in [0.25, 0.3) is 0 Å². The smallest absolute Gasteiger partial charge is 0.315 e. The average molecular weight is 298 g/mol. The van der Waals surface area contributed by atoms with Crippen molar-refractivity contribution in [2.45, 2.75) is 38.5 Å². The normalized spacial score (nSPS) is 20.1. The zero-order valence-electron chi connectivity index (χ0n) is 12.0. The minimum atomic E-state index is -0.949. The van der Waals surface area contributed by atoms with Crippen LogP contribution in [-0.2, 0) is 10.2 Å². The minimum Gasteiger partial charge on any atom is -0.481 e. The number of aliphatic hydroxyl groups is 1. The first-order valence-corrected chi connectivity index (χ1v) is 7.88. The van der Waals surface area contributed by atoms with Crippen molar-refractivity contribution in [3.63, 3.8) is 0 Å². The Labute approximate surface area is 123 Å². The summed E-state index contributed by atoms with van der Waals surface area (Å²) in [6.45, 7) is 5.45. The molecule has 6 heteroatoms. The first-order chi connectivity index (χ1) is 9.45. The number of piperidine rings is 1. The predicted octanol–water partition coefficient (Wildman–Crippen LogP) is 2.10. The van der Waals surface area contributed by atoms with Gasteiger partial charge in [0.1, 0.15) is 5.41 Å². The molecule has 0 aromatic carbocycles. The number of anilines is 1. The maximum atomic E-state index is 11.3. The molecular formula is C14H22N2O3S. The van der Waals surface area contributed by atoms with Crippen molar-refractivity contribution in [1.82, 2.24) is 4.98 Å². The van der Waals surface area contributed by atoms with Gasteiger partial charge in [-0.1, -0.05) is 0 Å². The maximum Gasteiger partial charge on any atom is 0.315 e. The van der Waals surface area contributed by atoms with Crippen LogP contribution in [0.15, 0.2) is 5.38 Å². The van der Waals surface area contributed by atoms with Gasteiger partial charge in [-0.25, -0.2) is 4.98 Å². The number of aliphatic carboxylic acids is 1. The molecular weight excluding hydrogens is 276 g/mol. The summed E-state index contributed by atoms with van der Waals surface area (Å²) in [6, 6.07) is 0. The van der Waals surface area contributed by atoms with Crippen molar-refractivity contribution < 1.29 is 15.0 Å². The summed E-state index contributed by atoms with van der Waals surface area (Å²) < 4.78 is 0. The third-order valence-electron chi connectivity index (χ3n) is 3.99. The summed E-state index contributed by atoms with van der Waals surface area (Å²) in [5.41, 5.74) is -0.330. The third kappa shape index (κ3) is 3.12. The van der Waals surface area contributed by atoms with Crippen LogP contribution in [0.1, 0.15) is 38.8 Å². The molecule has 1 aliphatic heterocycles. The highest BCUT2D eigenvalue weighted by Crippen LogP contribution is 2.32. The lowest BCUT2D eigenvalue weighted by Gasteiger charge is -2.32. The van der Waals surface area contributed by atoms with Crippen LogP contribution in [0.4, 0.5) is 5.13 Å². The lowest BCUT2D eigenvalue weighted by molar-refractivity contribution is -0.142. The Balaban J connectivity index is 2.10. The SMILES string of the molecule is CC(C)(C(=O)O)c1csc(N2CCCC(CCO)C2)n1. The van der Waals surface area contributed by atoms with Crippen LogP contribution in [0.3, 0.4) is 0 Å². The van der Waals surface area contributed by atoms with E-state index in [1.165, 1.54) is 11.3 Å². The predicted molar refractivity (Wildman–Crippen MR) is 79.4 cm³/mol. The van der Waals surface area contributed by atoms with E-state index in [0.717, 1.165) is 37.5 Å². The van der Waals surface area contributed by atoms with Gasteiger partial charge in [0.15, 0.2) is 5.13 Å². The molecule has 2 N–H and O–H groups in total. The molecule has 1 aromatic heterocycles. The van der Waals surface area contributed by atoms with E-state index < -0.39 is 11.4 Å². The fourth-order valence-corrected chi connectivity index (χ4v) is 3.49. The van der Waals surface area contributed by atoms with E-state index in [0.29, 0.717) is 11.6 Å². The zero-order valence-corrected chi connectivity index (χ0v) is 12.8. The van der Waals surface area contributed by atoms with Gasteiger partial charge in [0, 0.05) is 25.1 Å². The molecule has 1 aromatic rings. The Kier molecular flexibility index (Phi) is 4.65. The maximum absolute atomic E-state index is 11.3. The number of hydrogen-bond acceptors (Lipinski definition) is 5. The number of nitrogens with zero attached hydrogens (tertiary/aromatic N) is 2. The fourth-order valence-electron chi connectivity index (χ4n) is 2.46. The minimum absolute atomic E-state index is 0.230. The lowest BCUT2D eigenvalue weighted by Crippen LogP contribution is -2.36. The van der Waals surface area contributed by atoms with Crippen LogP contribution in [0.25, 0.3) is 0 Å². The second kappa shape index (κ2) is 6.10. The molecule has 0 amide bonds. The van der Waals surface area contributed by atoms with E-state index in [-0.39, 0.29) is 6.61 Å². The lowest BCUT2D eigenvalue weighted by atomic mass is 9.90. The summed E-state index contributed by atoms with van der Waals surface area (Å²) in [6.07, 6.45) is 3.08. The molecule has 0 radical (unpaired) electrons. The molecule has 112 valence electrons. The summed E-state index contributed by atoms with van der Waals surface area (Å²) in [4.78, 5) is 18.0. The highest BCUT2D eigenvalue weighted by Gasteiger charge is 2.33. The molecule has 1 atom stereocenters. The summed E-state index contributed by atoms with van der Waals surface area (Å²) in [7, 11) is 0. The highest BCUT2D eigenvalue weighted by molar-refractivity contribution is 7.13. The van der Waals surface area contributed by atoms with Crippen molar-refractivity contribution in [2.75, 3.05) is 24.6 Å². The van der Waals surface area contributed by atoms with Crippen molar-refractivity contribution in [2.24, 2.45) is 5.92 Å². The quantitative estimate of drug-likeness (QED) is 0.871. The molecule has 1 fully saturated rings. The molecule has 0 spiro atoms. The van der Waals surface area contributed by atoms with Crippen LogP contribution in [0.5, 0.6) is 0 Å². The fraction of sp³-hybridized carbons (Fsp3) is 0.714. The van der Waals surface area contributed by atoms with Crippen molar-refractivity contribution in [1.29, 1.82) is 0 Å². The van der Waals surface area contributed by atoms with Gasteiger partial charge in [-0.2, -0.15) is 0 Å². The van der Waals surface area contributed by atoms with Gasteiger partial charge in [0.05, 0.1) is 5.69 Å². The number of carboxylic acids is 1. The van der Waals surface area contributed by atoms with Crippen LogP contribution >= 0.6 is 11.3 Å². The number of aliphatic hydroxyl groups excluding tert-OH is 1. The van der Waals surface area contributed by atoms with E-state index >= 15 is 0 Å². The molecule has 1 unspecified atom stereocenters. The summed E-state index contributed by atoms with van der Waals surface area (Å²) in [5, 5.41) is 21.0. The van der Waals surface area contributed by atoms with Crippen LogP contribution < -0.4 is 4.90 Å². The molecule has 0 aliphatic carbocycles. The third-order valence-corrected chi connectivity index (χ3v) is 4.90. The second-order valence-electron chi connectivity index (χ2n) is 5.91. The van der Waals surface area contributed by atoms with Crippen LogP contribution in [0, 0.1) is 5.92 Å². The number of carbonyl (C=O) groups is 1. The van der Waals surface area contributed by atoms with Crippen LogP contribution in [0.2, 0.25) is 0 Å². The topological polar surface area (TPSA) is 73.7 Å². The van der Waals surface area contributed by atoms with Crippen LogP contribution in [-0.4, -0.2) is 40.9 Å². The number of thiazole rings is 1. The Morgan fingerprint density at radius 2 is 2.35 bits per heavy atom. The Morgan fingerprint density at radius 3 is 3.00 bits per heavy atom. The number of rotatable bonds is 5. The molecule has 5 nitrogen and oxygen atoms in total.